The van der Waals surface area contributed by atoms with Gasteiger partial charge < -0.3 is 50.5 Å². The Morgan fingerprint density at radius 1 is 1.16 bits per heavy atom. The molecule has 20 nitrogen and oxygen atoms in total. The van der Waals surface area contributed by atoms with E-state index in [9.17, 15) is 48.7 Å². The second-order valence-corrected chi connectivity index (χ2v) is 12.0. The first-order valence-electron chi connectivity index (χ1n) is 9.87. The lowest BCUT2D eigenvalue weighted by Crippen LogP contribution is -2.47. The van der Waals surface area contributed by atoms with E-state index in [1.807, 2.05) is 0 Å². The molecule has 0 spiro atoms. The van der Waals surface area contributed by atoms with Gasteiger partial charge in [0.2, 0.25) is 0 Å². The molecule has 0 radical (unpaired) electrons. The minimum absolute atomic E-state index is 0.133. The maximum absolute atomic E-state index is 12.1. The minimum Gasteiger partial charge on any atom is -0.393 e. The lowest BCUT2D eigenvalue weighted by atomic mass is 10.1. The molecule has 23 heteroatoms. The van der Waals surface area contributed by atoms with Crippen molar-refractivity contribution >= 4 is 29.3 Å². The molecule has 2 unspecified atom stereocenters. The molecule has 37 heavy (non-hydrogen) atoms. The third-order valence-corrected chi connectivity index (χ3v) is 8.07. The van der Waals surface area contributed by atoms with E-state index in [2.05, 4.69) is 22.9 Å². The molecule has 1 aliphatic rings. The number of nitrogens with zero attached hydrogens (tertiary/aromatic N) is 2. The standard InChI is InChI=1S/C14H26N3O17P3/c1-14(6-18,33-35(23,24)25)8(19)5-31-37(28,29)34-36(26,27)30-4-7-10(20)11(21)12(32-7)17-3-2-9(15)16-13(17)22/h2-3,7-8,10-12,18-21H,4-6H2,1H3,(H,26,27)(H,28,29)(H2,15,16,22)(H2,23,24,25)/t7-,8-,10-,11-,12-,14+/m1/s1/i5+1,6+1,8+1. The molecule has 8 atom stereocenters. The highest BCUT2D eigenvalue weighted by Crippen LogP contribution is 2.60. The maximum atomic E-state index is 12.1. The highest BCUT2D eigenvalue weighted by Gasteiger charge is 2.46. The van der Waals surface area contributed by atoms with Crippen LogP contribution in [0.4, 0.5) is 5.82 Å². The van der Waals surface area contributed by atoms with Gasteiger partial charge in [-0.25, -0.2) is 18.5 Å². The number of aliphatic hydroxyl groups excluding tert-OH is 4. The van der Waals surface area contributed by atoms with Gasteiger partial charge in [0.15, 0.2) is 6.23 Å². The molecular weight excluding hydrogens is 578 g/mol. The van der Waals surface area contributed by atoms with Crippen LogP contribution in [-0.2, 0) is 36.3 Å². The Labute approximate surface area is 207 Å². The summed E-state index contributed by atoms with van der Waals surface area (Å²) in [6.07, 6.45) is -7.61. The van der Waals surface area contributed by atoms with Gasteiger partial charge in [-0.15, -0.1) is 0 Å². The maximum Gasteiger partial charge on any atom is 0.481 e. The molecule has 0 amide bonds. The summed E-state index contributed by atoms with van der Waals surface area (Å²) in [7, 11) is -16.2. The van der Waals surface area contributed by atoms with E-state index >= 15 is 0 Å². The van der Waals surface area contributed by atoms with E-state index in [0.717, 1.165) is 17.7 Å². The fourth-order valence-electron chi connectivity index (χ4n) is 2.87. The Morgan fingerprint density at radius 3 is 2.30 bits per heavy atom. The number of nitrogens with two attached hydrogens (primary N) is 1. The summed E-state index contributed by atoms with van der Waals surface area (Å²) in [5.74, 6) is -0.133. The van der Waals surface area contributed by atoms with Gasteiger partial charge >= 0.3 is 29.2 Å². The van der Waals surface area contributed by atoms with Crippen molar-refractivity contribution in [3.8, 4) is 0 Å². The number of ether oxygens (including phenoxy) is 1. The normalized spacial score (nSPS) is 28.2. The highest BCUT2D eigenvalue weighted by molar-refractivity contribution is 7.61. The van der Waals surface area contributed by atoms with Crippen LogP contribution in [0.25, 0.3) is 0 Å². The summed E-state index contributed by atoms with van der Waals surface area (Å²) in [6, 6.07) is 1.20. The summed E-state index contributed by atoms with van der Waals surface area (Å²) < 4.78 is 58.2. The van der Waals surface area contributed by atoms with Gasteiger partial charge in [-0.05, 0) is 13.0 Å². The van der Waals surface area contributed by atoms with Gasteiger partial charge in [0.25, 0.3) is 0 Å². The van der Waals surface area contributed by atoms with Crippen LogP contribution in [0.1, 0.15) is 13.2 Å². The number of phosphoric acid groups is 3. The fourth-order valence-corrected chi connectivity index (χ4v) is 5.68. The molecule has 0 aliphatic carbocycles. The summed E-state index contributed by atoms with van der Waals surface area (Å²) >= 11 is 0. The molecule has 1 saturated heterocycles. The van der Waals surface area contributed by atoms with Crippen LogP contribution in [0.5, 0.6) is 0 Å². The Kier molecular flexibility index (Phi) is 10.3. The zero-order valence-electron chi connectivity index (χ0n) is 18.7. The van der Waals surface area contributed by atoms with Crippen LogP contribution in [0.2, 0.25) is 0 Å². The third kappa shape index (κ3) is 8.94. The third-order valence-electron chi connectivity index (χ3n) is 4.81. The molecule has 0 saturated carbocycles. The molecule has 1 aromatic heterocycles. The van der Waals surface area contributed by atoms with E-state index in [-0.39, 0.29) is 5.82 Å². The average Bonchev–Trinajstić information content (AvgIpc) is 3.02. The van der Waals surface area contributed by atoms with Crippen LogP contribution >= 0.6 is 23.5 Å². The molecule has 1 aliphatic heterocycles. The largest absolute Gasteiger partial charge is 0.481 e. The molecule has 10 N–H and O–H groups in total. The van der Waals surface area contributed by atoms with E-state index < -0.39 is 85.2 Å². The van der Waals surface area contributed by atoms with Gasteiger partial charge in [0, 0.05) is 6.20 Å². The first kappa shape index (κ1) is 32.1. The Bertz CT molecular complexity index is 1140. The van der Waals surface area contributed by atoms with Crippen LogP contribution in [-0.4, -0.2) is 99.4 Å². The van der Waals surface area contributed by atoms with Crippen LogP contribution in [0, 0.1) is 0 Å². The van der Waals surface area contributed by atoms with Crippen molar-refractivity contribution < 1.29 is 76.3 Å². The van der Waals surface area contributed by atoms with Crippen molar-refractivity contribution in [1.29, 1.82) is 0 Å². The number of anilines is 1. The van der Waals surface area contributed by atoms with Crippen molar-refractivity contribution in [3.63, 3.8) is 0 Å². The first-order valence-corrected chi connectivity index (χ1v) is 14.4. The van der Waals surface area contributed by atoms with Crippen LogP contribution in [0.15, 0.2) is 17.1 Å². The van der Waals surface area contributed by atoms with Crippen LogP contribution < -0.4 is 11.4 Å². The molecule has 0 bridgehead atoms. The number of nitrogen functional groups attached to an aromatic ring is 1. The molecule has 2 heterocycles. The smallest absolute Gasteiger partial charge is 0.393 e. The van der Waals surface area contributed by atoms with E-state index in [1.165, 1.54) is 6.07 Å². The monoisotopic (exact) mass is 604 g/mol. The number of hydrogen-bond acceptors (Lipinski definition) is 15. The molecule has 214 valence electrons. The minimum atomic E-state index is -5.51. The topological polar surface area (TPSA) is 320 Å². The van der Waals surface area contributed by atoms with Crippen molar-refractivity contribution in [3.05, 3.63) is 22.7 Å². The van der Waals surface area contributed by atoms with E-state index in [4.69, 9.17) is 20.3 Å². The van der Waals surface area contributed by atoms with Crippen molar-refractivity contribution in [2.75, 3.05) is 25.6 Å². The van der Waals surface area contributed by atoms with Gasteiger partial charge in [-0.3, -0.25) is 18.1 Å². The fraction of sp³-hybridized carbons (Fsp3) is 0.714. The summed E-state index contributed by atoms with van der Waals surface area (Å²) in [5.41, 5.74) is 2.04. The highest BCUT2D eigenvalue weighted by atomic mass is 31.3. The molecular formula is C14H26N3O17P3. The Hall–Kier alpha value is -1.15. The van der Waals surface area contributed by atoms with Gasteiger partial charge in [-0.2, -0.15) is 9.29 Å². The molecule has 1 fully saturated rings. The van der Waals surface area contributed by atoms with Crippen molar-refractivity contribution in [1.82, 2.24) is 9.55 Å². The van der Waals surface area contributed by atoms with Gasteiger partial charge in [-0.1, -0.05) is 0 Å². The van der Waals surface area contributed by atoms with E-state index in [1.54, 1.807) is 0 Å². The van der Waals surface area contributed by atoms with Gasteiger partial charge in [0.1, 0.15) is 35.8 Å². The number of hydrogen-bond donors (Lipinski definition) is 9. The average molecular weight is 604 g/mol. The predicted molar refractivity (Wildman–Crippen MR) is 116 cm³/mol. The first-order chi connectivity index (χ1) is 16.8. The lowest BCUT2D eigenvalue weighted by Gasteiger charge is -2.32. The van der Waals surface area contributed by atoms with Gasteiger partial charge in [0.05, 0.1) is 19.8 Å². The van der Waals surface area contributed by atoms with E-state index in [0.29, 0.717) is 0 Å². The van der Waals surface area contributed by atoms with Crippen LogP contribution in [0.3, 0.4) is 0 Å². The number of rotatable bonds is 13. The number of aliphatic hydroxyl groups is 4. The van der Waals surface area contributed by atoms with Crippen molar-refractivity contribution in [2.24, 2.45) is 0 Å². The Morgan fingerprint density at radius 2 is 1.76 bits per heavy atom. The summed E-state index contributed by atoms with van der Waals surface area (Å²) in [5, 5.41) is 39.4. The number of aromatic nitrogens is 2. The van der Waals surface area contributed by atoms with Crippen molar-refractivity contribution in [2.45, 2.75) is 43.2 Å². The SMILES string of the molecule is C[C@@]([13CH2]O)(OP(=O)(O)O)[13C@H](O)[13CH2]OP(=O)(O)OP(=O)(O)OC[C@H]1O[C@@H](n2ccc(N)nc2=O)[C@H](O)[C@@H]1O. The predicted octanol–water partition coefficient (Wildman–Crippen LogP) is -3.08. The number of phosphoric ester groups is 3. The summed E-state index contributed by atoms with van der Waals surface area (Å²) in [6.45, 7) is -2.66. The molecule has 2 rings (SSSR count). The second kappa shape index (κ2) is 11.9. The zero-order chi connectivity index (χ0) is 28.4. The Balaban J connectivity index is 1.97. The summed E-state index contributed by atoms with van der Waals surface area (Å²) in [4.78, 5) is 52.4. The molecule has 0 aromatic carbocycles. The second-order valence-electron chi connectivity index (χ2n) is 7.77. The quantitative estimate of drug-likeness (QED) is 0.0796. The lowest BCUT2D eigenvalue weighted by molar-refractivity contribution is -0.101. The zero-order valence-corrected chi connectivity index (χ0v) is 21.4. The molecule has 1 aromatic rings.